The van der Waals surface area contributed by atoms with Gasteiger partial charge in [0.15, 0.2) is 0 Å². The summed E-state index contributed by atoms with van der Waals surface area (Å²) in [6.07, 6.45) is 6.74. The highest BCUT2D eigenvalue weighted by Crippen LogP contribution is 2.39. The minimum absolute atomic E-state index is 0.0275. The third kappa shape index (κ3) is 7.78. The summed E-state index contributed by atoms with van der Waals surface area (Å²) in [5.74, 6) is -0.0494. The molecule has 0 saturated carbocycles. The topological polar surface area (TPSA) is 70.1 Å². The Morgan fingerprint density at radius 3 is 2.49 bits per heavy atom. The Morgan fingerprint density at radius 2 is 1.70 bits per heavy atom. The van der Waals surface area contributed by atoms with Crippen LogP contribution in [0.1, 0.15) is 62.5 Å². The summed E-state index contributed by atoms with van der Waals surface area (Å²) < 4.78 is 20.8. The highest BCUT2D eigenvalue weighted by Gasteiger charge is 2.37. The molecule has 200 valence electrons. The molecule has 6 nitrogen and oxygen atoms in total. The molecule has 1 fully saturated rings. The first-order valence-electron chi connectivity index (χ1n) is 13.6. The van der Waals surface area contributed by atoms with Gasteiger partial charge in [0.2, 0.25) is 5.91 Å². The van der Waals surface area contributed by atoms with E-state index in [1.807, 2.05) is 29.2 Å². The van der Waals surface area contributed by atoms with Crippen LogP contribution in [-0.2, 0) is 22.6 Å². The second kappa shape index (κ2) is 13.0. The maximum Gasteiger partial charge on any atom is 0.303 e. The lowest BCUT2D eigenvalue weighted by Gasteiger charge is -2.45. The predicted molar refractivity (Wildman–Crippen MR) is 141 cm³/mol. The van der Waals surface area contributed by atoms with E-state index in [2.05, 4.69) is 17.0 Å². The summed E-state index contributed by atoms with van der Waals surface area (Å²) in [5.41, 5.74) is 1.98. The number of piperidine rings is 1. The van der Waals surface area contributed by atoms with Crippen LogP contribution in [0, 0.1) is 11.2 Å². The van der Waals surface area contributed by atoms with Gasteiger partial charge in [0.05, 0.1) is 0 Å². The second-order valence-corrected chi connectivity index (χ2v) is 10.6. The number of halogens is 1. The average molecular weight is 511 g/mol. The number of fused-ring (bicyclic) bond motifs is 1. The molecule has 0 atom stereocenters. The summed E-state index contributed by atoms with van der Waals surface area (Å²) in [5, 5.41) is 8.87. The first-order valence-corrected chi connectivity index (χ1v) is 13.6. The number of para-hydroxylation sites is 1. The van der Waals surface area contributed by atoms with Crippen molar-refractivity contribution in [1.29, 1.82) is 0 Å². The van der Waals surface area contributed by atoms with E-state index in [0.717, 1.165) is 50.8 Å². The Balaban J connectivity index is 1.47. The van der Waals surface area contributed by atoms with Crippen molar-refractivity contribution in [1.82, 2.24) is 9.80 Å². The van der Waals surface area contributed by atoms with Crippen molar-refractivity contribution in [2.45, 2.75) is 64.3 Å². The molecule has 4 rings (SSSR count). The molecule has 1 amide bonds. The standard InChI is InChI=1S/C30H39FN2O4/c31-26-11-3-1-10-25(26)22-32-20-21-37-27-12-4-2-8-24(27)9-5-6-15-30(23-32)16-18-33(19-17-30)28(34)13-7-14-29(35)36/h1-4,8,10-12H,5-7,9,13-23H2,(H,35,36). The lowest BCUT2D eigenvalue weighted by molar-refractivity contribution is -0.137. The molecule has 0 aliphatic carbocycles. The Morgan fingerprint density at radius 1 is 0.946 bits per heavy atom. The van der Waals surface area contributed by atoms with E-state index in [1.165, 1.54) is 11.6 Å². The summed E-state index contributed by atoms with van der Waals surface area (Å²) in [7, 11) is 0. The van der Waals surface area contributed by atoms with Crippen molar-refractivity contribution in [3.63, 3.8) is 0 Å². The largest absolute Gasteiger partial charge is 0.492 e. The van der Waals surface area contributed by atoms with Crippen LogP contribution in [0.5, 0.6) is 5.75 Å². The Labute approximate surface area is 219 Å². The van der Waals surface area contributed by atoms with Crippen LogP contribution in [0.15, 0.2) is 48.5 Å². The number of carboxylic acid groups (broad SMARTS) is 1. The van der Waals surface area contributed by atoms with Crippen LogP contribution in [0.25, 0.3) is 0 Å². The molecule has 2 aromatic rings. The maximum atomic E-state index is 14.6. The van der Waals surface area contributed by atoms with E-state index in [0.29, 0.717) is 44.8 Å². The van der Waals surface area contributed by atoms with Gasteiger partial charge in [0.25, 0.3) is 0 Å². The quantitative estimate of drug-likeness (QED) is 0.571. The summed E-state index contributed by atoms with van der Waals surface area (Å²) in [6.45, 7) is 3.99. The van der Waals surface area contributed by atoms with Crippen molar-refractivity contribution >= 4 is 11.9 Å². The van der Waals surface area contributed by atoms with E-state index in [-0.39, 0.29) is 30.0 Å². The zero-order valence-corrected chi connectivity index (χ0v) is 21.7. The fraction of sp³-hybridized carbons (Fsp3) is 0.533. The molecule has 2 aromatic carbocycles. The third-order valence-corrected chi connectivity index (χ3v) is 7.91. The second-order valence-electron chi connectivity index (χ2n) is 10.6. The minimum Gasteiger partial charge on any atom is -0.492 e. The van der Waals surface area contributed by atoms with E-state index < -0.39 is 5.97 Å². The first-order chi connectivity index (χ1) is 17.9. The minimum atomic E-state index is -0.861. The molecule has 1 saturated heterocycles. The van der Waals surface area contributed by atoms with Gasteiger partial charge in [0, 0.05) is 51.1 Å². The SMILES string of the molecule is O=C(O)CCCC(=O)N1CCC2(CCCCc3ccccc3OCCN(Cc3ccccc3F)C2)CC1. The molecule has 2 aliphatic heterocycles. The van der Waals surface area contributed by atoms with Crippen LogP contribution in [0.3, 0.4) is 0 Å². The van der Waals surface area contributed by atoms with Gasteiger partial charge in [-0.05, 0) is 61.6 Å². The molecule has 0 bridgehead atoms. The van der Waals surface area contributed by atoms with Crippen molar-refractivity contribution < 1.29 is 23.8 Å². The van der Waals surface area contributed by atoms with Crippen LogP contribution in [-0.4, -0.2) is 59.6 Å². The molecular formula is C30H39FN2O4. The number of aliphatic carboxylic acids is 1. The predicted octanol–water partition coefficient (Wildman–Crippen LogP) is 5.30. The van der Waals surface area contributed by atoms with Gasteiger partial charge < -0.3 is 14.7 Å². The maximum absolute atomic E-state index is 14.6. The third-order valence-electron chi connectivity index (χ3n) is 7.91. The number of rotatable bonds is 6. The highest BCUT2D eigenvalue weighted by molar-refractivity contribution is 5.77. The summed E-state index contributed by atoms with van der Waals surface area (Å²) in [6, 6.07) is 15.2. The van der Waals surface area contributed by atoms with Gasteiger partial charge in [-0.25, -0.2) is 4.39 Å². The number of benzene rings is 2. The van der Waals surface area contributed by atoms with E-state index in [9.17, 15) is 14.0 Å². The number of aryl methyl sites for hydroxylation is 1. The van der Waals surface area contributed by atoms with Gasteiger partial charge in [-0.3, -0.25) is 14.5 Å². The zero-order valence-electron chi connectivity index (χ0n) is 21.7. The molecule has 1 N–H and O–H groups in total. The van der Waals surface area contributed by atoms with Crippen molar-refractivity contribution in [2.24, 2.45) is 5.41 Å². The lowest BCUT2D eigenvalue weighted by atomic mass is 9.73. The molecule has 37 heavy (non-hydrogen) atoms. The zero-order chi connectivity index (χ0) is 26.1. The monoisotopic (exact) mass is 510 g/mol. The Bertz CT molecular complexity index is 1050. The number of amides is 1. The number of ether oxygens (including phenoxy) is 1. The number of hydrogen-bond donors (Lipinski definition) is 1. The fourth-order valence-corrected chi connectivity index (χ4v) is 5.77. The number of likely N-dealkylation sites (tertiary alicyclic amines) is 1. The van der Waals surface area contributed by atoms with E-state index >= 15 is 0 Å². The van der Waals surface area contributed by atoms with Crippen molar-refractivity contribution in [3.8, 4) is 5.75 Å². The van der Waals surface area contributed by atoms with Crippen LogP contribution in [0.4, 0.5) is 4.39 Å². The van der Waals surface area contributed by atoms with Gasteiger partial charge in [0.1, 0.15) is 18.2 Å². The normalized spacial score (nSPS) is 18.8. The molecule has 0 unspecified atom stereocenters. The molecule has 7 heteroatoms. The average Bonchev–Trinajstić information content (AvgIpc) is 2.88. The van der Waals surface area contributed by atoms with Gasteiger partial charge >= 0.3 is 5.97 Å². The van der Waals surface area contributed by atoms with E-state index in [1.54, 1.807) is 6.07 Å². The molecule has 0 aromatic heterocycles. The van der Waals surface area contributed by atoms with Gasteiger partial charge in [-0.15, -0.1) is 0 Å². The highest BCUT2D eigenvalue weighted by atomic mass is 19.1. The summed E-state index contributed by atoms with van der Waals surface area (Å²) in [4.78, 5) is 27.7. The van der Waals surface area contributed by atoms with Crippen molar-refractivity contribution in [3.05, 3.63) is 65.5 Å². The molecule has 1 spiro atoms. The number of nitrogens with zero attached hydrogens (tertiary/aromatic N) is 2. The number of hydrogen-bond acceptors (Lipinski definition) is 4. The van der Waals surface area contributed by atoms with Gasteiger partial charge in [-0.1, -0.05) is 42.8 Å². The molecule has 0 radical (unpaired) electrons. The smallest absolute Gasteiger partial charge is 0.303 e. The molecule has 2 aliphatic rings. The van der Waals surface area contributed by atoms with Crippen LogP contribution in [0.2, 0.25) is 0 Å². The van der Waals surface area contributed by atoms with Gasteiger partial charge in [-0.2, -0.15) is 0 Å². The Hall–Kier alpha value is -2.93. The first kappa shape index (κ1) is 27.1. The van der Waals surface area contributed by atoms with E-state index in [4.69, 9.17) is 9.84 Å². The Kier molecular flexibility index (Phi) is 9.56. The number of carboxylic acids is 1. The van der Waals surface area contributed by atoms with Crippen LogP contribution < -0.4 is 4.74 Å². The number of carbonyl (C=O) groups excluding carboxylic acids is 1. The van der Waals surface area contributed by atoms with Crippen molar-refractivity contribution in [2.75, 3.05) is 32.8 Å². The fourth-order valence-electron chi connectivity index (χ4n) is 5.77. The molecule has 2 heterocycles. The number of carbonyl (C=O) groups is 2. The lowest BCUT2D eigenvalue weighted by Crippen LogP contribution is -2.48. The molecular weight excluding hydrogens is 471 g/mol. The van der Waals surface area contributed by atoms with Crippen LogP contribution >= 0.6 is 0 Å². The summed E-state index contributed by atoms with van der Waals surface area (Å²) >= 11 is 0.